The van der Waals surface area contributed by atoms with E-state index in [0.717, 1.165) is 10.6 Å². The Balaban J connectivity index is 3.10. The maximum atomic E-state index is 9.79. The average molecular weight is 222 g/mol. The van der Waals surface area contributed by atoms with E-state index in [-0.39, 0.29) is 0 Å². The van der Waals surface area contributed by atoms with Crippen LogP contribution in [-0.4, -0.2) is 33.3 Å². The van der Waals surface area contributed by atoms with Gasteiger partial charge >= 0.3 is 0 Å². The SMILES string of the molecule is CCN(O)C(C)(C)/C(=N/O)c1ccccc1. The largest absolute Gasteiger partial charge is 0.411 e. The van der Waals surface area contributed by atoms with Crippen LogP contribution in [0.15, 0.2) is 35.5 Å². The van der Waals surface area contributed by atoms with Gasteiger partial charge in [-0.3, -0.25) is 0 Å². The van der Waals surface area contributed by atoms with Crippen molar-refractivity contribution in [2.24, 2.45) is 5.16 Å². The molecule has 0 heterocycles. The number of likely N-dealkylation sites (N-methyl/N-ethyl adjacent to an activating group) is 1. The second-order valence-corrected chi connectivity index (χ2v) is 4.09. The first-order valence-corrected chi connectivity index (χ1v) is 5.28. The number of oxime groups is 1. The summed E-state index contributed by atoms with van der Waals surface area (Å²) in [6.07, 6.45) is 0. The van der Waals surface area contributed by atoms with Gasteiger partial charge in [-0.05, 0) is 13.8 Å². The van der Waals surface area contributed by atoms with Crippen LogP contribution >= 0.6 is 0 Å². The standard InChI is InChI=1S/C12H18N2O2/c1-4-14(16)12(2,3)11(13-15)10-8-6-5-7-9-10/h5-9,15-16H,4H2,1-3H3/b13-11+. The highest BCUT2D eigenvalue weighted by Gasteiger charge is 2.32. The fourth-order valence-electron chi connectivity index (χ4n) is 1.65. The Morgan fingerprint density at radius 1 is 1.31 bits per heavy atom. The van der Waals surface area contributed by atoms with Crippen molar-refractivity contribution in [1.29, 1.82) is 0 Å². The van der Waals surface area contributed by atoms with Crippen LogP contribution in [0.1, 0.15) is 26.3 Å². The van der Waals surface area contributed by atoms with E-state index in [1.807, 2.05) is 37.3 Å². The van der Waals surface area contributed by atoms with Crippen LogP contribution < -0.4 is 0 Å². The molecule has 0 fully saturated rings. The van der Waals surface area contributed by atoms with E-state index >= 15 is 0 Å². The van der Waals surface area contributed by atoms with E-state index in [1.54, 1.807) is 13.8 Å². The number of nitrogens with zero attached hydrogens (tertiary/aromatic N) is 2. The summed E-state index contributed by atoms with van der Waals surface area (Å²) in [5.74, 6) is 0. The van der Waals surface area contributed by atoms with Crippen molar-refractivity contribution in [3.63, 3.8) is 0 Å². The van der Waals surface area contributed by atoms with Crippen LogP contribution in [0.25, 0.3) is 0 Å². The molecule has 4 nitrogen and oxygen atoms in total. The first-order chi connectivity index (χ1) is 7.54. The van der Waals surface area contributed by atoms with Gasteiger partial charge in [0.15, 0.2) is 0 Å². The number of hydroxylamine groups is 2. The molecule has 0 saturated carbocycles. The van der Waals surface area contributed by atoms with Crippen LogP contribution in [0.5, 0.6) is 0 Å². The van der Waals surface area contributed by atoms with Crippen LogP contribution in [0, 0.1) is 0 Å². The Kier molecular flexibility index (Phi) is 4.04. The Labute approximate surface area is 95.8 Å². The molecule has 2 N–H and O–H groups in total. The summed E-state index contributed by atoms with van der Waals surface area (Å²) < 4.78 is 0. The first kappa shape index (κ1) is 12.7. The van der Waals surface area contributed by atoms with Gasteiger partial charge in [-0.15, -0.1) is 0 Å². The van der Waals surface area contributed by atoms with Gasteiger partial charge in [0.2, 0.25) is 0 Å². The summed E-state index contributed by atoms with van der Waals surface area (Å²) in [5.41, 5.74) is 0.505. The van der Waals surface area contributed by atoms with Crippen molar-refractivity contribution < 1.29 is 10.4 Å². The molecule has 0 aliphatic carbocycles. The molecule has 1 aromatic carbocycles. The van der Waals surface area contributed by atoms with Gasteiger partial charge in [0.05, 0.1) is 5.54 Å². The lowest BCUT2D eigenvalue weighted by Crippen LogP contribution is -2.48. The lowest BCUT2D eigenvalue weighted by Gasteiger charge is -2.33. The molecule has 1 rings (SSSR count). The molecule has 0 aliphatic rings. The summed E-state index contributed by atoms with van der Waals surface area (Å²) in [4.78, 5) is 0. The molecule has 0 aromatic heterocycles. The highest BCUT2D eigenvalue weighted by atomic mass is 16.5. The zero-order chi connectivity index (χ0) is 12.2. The van der Waals surface area contributed by atoms with E-state index < -0.39 is 5.54 Å². The van der Waals surface area contributed by atoms with Gasteiger partial charge in [0.1, 0.15) is 5.71 Å². The normalized spacial score (nSPS) is 13.2. The fourth-order valence-corrected chi connectivity index (χ4v) is 1.65. The van der Waals surface area contributed by atoms with Crippen molar-refractivity contribution in [2.45, 2.75) is 26.3 Å². The Hall–Kier alpha value is -1.39. The summed E-state index contributed by atoms with van der Waals surface area (Å²) >= 11 is 0. The van der Waals surface area contributed by atoms with E-state index in [1.165, 1.54) is 0 Å². The quantitative estimate of drug-likeness (QED) is 0.467. The Morgan fingerprint density at radius 2 is 1.88 bits per heavy atom. The molecule has 0 aliphatic heterocycles. The molecule has 0 unspecified atom stereocenters. The predicted octanol–water partition coefficient (Wildman–Crippen LogP) is 2.35. The third kappa shape index (κ3) is 2.40. The molecule has 88 valence electrons. The first-order valence-electron chi connectivity index (χ1n) is 5.28. The van der Waals surface area contributed by atoms with Crippen molar-refractivity contribution >= 4 is 5.71 Å². The molecular formula is C12H18N2O2. The summed E-state index contributed by atoms with van der Waals surface area (Å²) in [5, 5.41) is 23.4. The molecule has 0 saturated heterocycles. The maximum absolute atomic E-state index is 9.79. The highest BCUT2D eigenvalue weighted by Crippen LogP contribution is 2.19. The van der Waals surface area contributed by atoms with Crippen LogP contribution in [-0.2, 0) is 0 Å². The van der Waals surface area contributed by atoms with Gasteiger partial charge in [-0.1, -0.05) is 42.4 Å². The molecule has 0 spiro atoms. The lowest BCUT2D eigenvalue weighted by molar-refractivity contribution is -0.133. The summed E-state index contributed by atoms with van der Waals surface area (Å²) in [6, 6.07) is 9.32. The molecule has 0 atom stereocenters. The molecule has 0 amide bonds. The number of hydrogen-bond acceptors (Lipinski definition) is 4. The zero-order valence-electron chi connectivity index (χ0n) is 9.88. The van der Waals surface area contributed by atoms with E-state index in [4.69, 9.17) is 5.21 Å². The monoisotopic (exact) mass is 222 g/mol. The highest BCUT2D eigenvalue weighted by molar-refractivity contribution is 6.06. The van der Waals surface area contributed by atoms with Gasteiger partial charge in [-0.2, -0.15) is 5.06 Å². The zero-order valence-corrected chi connectivity index (χ0v) is 9.88. The second-order valence-electron chi connectivity index (χ2n) is 4.09. The van der Waals surface area contributed by atoms with Crippen molar-refractivity contribution in [1.82, 2.24) is 5.06 Å². The summed E-state index contributed by atoms with van der Waals surface area (Å²) in [7, 11) is 0. The van der Waals surface area contributed by atoms with Crippen LogP contribution in [0.3, 0.4) is 0 Å². The molecule has 0 bridgehead atoms. The Morgan fingerprint density at radius 3 is 2.31 bits per heavy atom. The smallest absolute Gasteiger partial charge is 0.109 e. The summed E-state index contributed by atoms with van der Waals surface area (Å²) in [6.45, 7) is 5.90. The van der Waals surface area contributed by atoms with Gasteiger partial charge in [0, 0.05) is 12.1 Å². The third-order valence-electron chi connectivity index (χ3n) is 2.67. The van der Waals surface area contributed by atoms with Crippen LogP contribution in [0.4, 0.5) is 0 Å². The van der Waals surface area contributed by atoms with Gasteiger partial charge < -0.3 is 10.4 Å². The van der Waals surface area contributed by atoms with Gasteiger partial charge in [-0.25, -0.2) is 0 Å². The van der Waals surface area contributed by atoms with Crippen molar-refractivity contribution in [2.75, 3.05) is 6.54 Å². The minimum absolute atomic E-state index is 0.442. The fraction of sp³-hybridized carbons (Fsp3) is 0.417. The lowest BCUT2D eigenvalue weighted by atomic mass is 9.92. The molecule has 1 aromatic rings. The molecule has 16 heavy (non-hydrogen) atoms. The van der Waals surface area contributed by atoms with Crippen LogP contribution in [0.2, 0.25) is 0 Å². The second kappa shape index (κ2) is 5.09. The van der Waals surface area contributed by atoms with E-state index in [9.17, 15) is 5.21 Å². The molecule has 0 radical (unpaired) electrons. The predicted molar refractivity (Wildman–Crippen MR) is 63.0 cm³/mol. The van der Waals surface area contributed by atoms with Crippen molar-refractivity contribution in [3.05, 3.63) is 35.9 Å². The number of benzene rings is 1. The third-order valence-corrected chi connectivity index (χ3v) is 2.67. The minimum Gasteiger partial charge on any atom is -0.411 e. The molecule has 4 heteroatoms. The van der Waals surface area contributed by atoms with Gasteiger partial charge in [0.25, 0.3) is 0 Å². The van der Waals surface area contributed by atoms with E-state index in [0.29, 0.717) is 12.3 Å². The average Bonchev–Trinajstić information content (AvgIpc) is 2.30. The number of rotatable bonds is 4. The Bertz CT molecular complexity index is 361. The topological polar surface area (TPSA) is 56.1 Å². The minimum atomic E-state index is -0.731. The molecular weight excluding hydrogens is 204 g/mol. The number of hydrogen-bond donors (Lipinski definition) is 2. The maximum Gasteiger partial charge on any atom is 0.109 e. The van der Waals surface area contributed by atoms with E-state index in [2.05, 4.69) is 5.16 Å². The van der Waals surface area contributed by atoms with Crippen molar-refractivity contribution in [3.8, 4) is 0 Å².